The number of hydrogen-bond acceptors (Lipinski definition) is 4. The van der Waals surface area contributed by atoms with Gasteiger partial charge in [0.15, 0.2) is 0 Å². The predicted octanol–water partition coefficient (Wildman–Crippen LogP) is 3.80. The van der Waals surface area contributed by atoms with E-state index in [1.165, 1.54) is 0 Å². The summed E-state index contributed by atoms with van der Waals surface area (Å²) in [4.78, 5) is 40.1. The molecule has 2 aliphatic rings. The van der Waals surface area contributed by atoms with E-state index in [4.69, 9.17) is 4.74 Å². The Bertz CT molecular complexity index is 721. The van der Waals surface area contributed by atoms with Crippen LogP contribution in [0.3, 0.4) is 0 Å². The number of nitrogens with zero attached hydrogens (tertiary/aromatic N) is 1. The zero-order chi connectivity index (χ0) is 24.1. The van der Waals surface area contributed by atoms with Gasteiger partial charge in [0, 0.05) is 25.4 Å². The van der Waals surface area contributed by atoms with Gasteiger partial charge in [0.25, 0.3) is 0 Å². The molecule has 2 fully saturated rings. The second-order valence-electron chi connectivity index (χ2n) is 11.0. The van der Waals surface area contributed by atoms with Gasteiger partial charge in [-0.2, -0.15) is 0 Å². The average Bonchev–Trinajstić information content (AvgIpc) is 3.39. The molecule has 1 saturated heterocycles. The van der Waals surface area contributed by atoms with E-state index in [2.05, 4.69) is 37.6 Å². The van der Waals surface area contributed by atoms with Crippen molar-refractivity contribution < 1.29 is 19.1 Å². The number of hydrogen-bond donors (Lipinski definition) is 2. The van der Waals surface area contributed by atoms with E-state index in [0.29, 0.717) is 31.8 Å². The molecule has 1 aliphatic heterocycles. The van der Waals surface area contributed by atoms with Gasteiger partial charge >= 0.3 is 6.09 Å². The quantitative estimate of drug-likeness (QED) is 0.499. The van der Waals surface area contributed by atoms with Gasteiger partial charge in [0.05, 0.1) is 6.04 Å². The molecule has 7 nitrogen and oxygen atoms in total. The Kier molecular flexibility index (Phi) is 8.54. The number of rotatable bonds is 10. The van der Waals surface area contributed by atoms with Crippen LogP contribution in [0.15, 0.2) is 25.3 Å². The first-order valence-corrected chi connectivity index (χ1v) is 11.6. The molecule has 3 atom stereocenters. The molecule has 0 bridgehead atoms. The highest BCUT2D eigenvalue weighted by Crippen LogP contribution is 2.42. The molecule has 0 radical (unpaired) electrons. The number of allylic oxidation sites excluding steroid dienone is 1. The van der Waals surface area contributed by atoms with Gasteiger partial charge in [-0.3, -0.25) is 9.59 Å². The van der Waals surface area contributed by atoms with E-state index in [0.717, 1.165) is 19.3 Å². The summed E-state index contributed by atoms with van der Waals surface area (Å²) in [5.41, 5.74) is -0.788. The van der Waals surface area contributed by atoms with Crippen molar-refractivity contribution in [3.8, 4) is 0 Å². The highest BCUT2D eigenvalue weighted by atomic mass is 16.6. The average molecular weight is 448 g/mol. The lowest BCUT2D eigenvalue weighted by atomic mass is 9.85. The van der Waals surface area contributed by atoms with Crippen LogP contribution in [0.1, 0.15) is 66.7 Å². The molecule has 0 aromatic heterocycles. The minimum atomic E-state index is -0.765. The molecule has 180 valence electrons. The van der Waals surface area contributed by atoms with E-state index < -0.39 is 17.7 Å². The number of amides is 3. The van der Waals surface area contributed by atoms with E-state index in [-0.39, 0.29) is 29.2 Å². The summed E-state index contributed by atoms with van der Waals surface area (Å²) in [6.45, 7) is 18.1. The van der Waals surface area contributed by atoms with Crippen molar-refractivity contribution >= 4 is 17.9 Å². The van der Waals surface area contributed by atoms with Gasteiger partial charge in [-0.05, 0) is 57.8 Å². The zero-order valence-electron chi connectivity index (χ0n) is 20.4. The molecule has 1 aliphatic carbocycles. The van der Waals surface area contributed by atoms with Crippen LogP contribution in [-0.2, 0) is 14.3 Å². The normalized spacial score (nSPS) is 22.1. The molecular formula is C25H41N3O4. The Morgan fingerprint density at radius 2 is 1.75 bits per heavy atom. The standard InChI is InChI=1S/C25H41N3O4/c1-8-10-19(27-23(31)32-24(3,4)5)22(30)26-20-16-28(15-18(20)17-11-12-17)21(29)14-25(6,7)13-9-2/h8-9,17-20H,1-2,10-16H2,3-7H3,(H,26,30)(H,27,31)/t18-,19?,20+/m0/s1. The number of ether oxygens (including phenoxy) is 1. The largest absolute Gasteiger partial charge is 0.444 e. The molecule has 0 aromatic carbocycles. The van der Waals surface area contributed by atoms with Crippen LogP contribution < -0.4 is 10.6 Å². The van der Waals surface area contributed by atoms with Crippen molar-refractivity contribution in [2.24, 2.45) is 17.3 Å². The Morgan fingerprint density at radius 1 is 1.09 bits per heavy atom. The molecule has 0 spiro atoms. The summed E-state index contributed by atoms with van der Waals surface area (Å²) in [5.74, 6) is 0.633. The Hall–Kier alpha value is -2.31. The summed E-state index contributed by atoms with van der Waals surface area (Å²) in [5, 5.41) is 5.76. The third kappa shape index (κ3) is 7.99. The van der Waals surface area contributed by atoms with Crippen molar-refractivity contribution in [1.82, 2.24) is 15.5 Å². The van der Waals surface area contributed by atoms with E-state index in [1.54, 1.807) is 26.8 Å². The van der Waals surface area contributed by atoms with Gasteiger partial charge in [-0.25, -0.2) is 4.79 Å². The van der Waals surface area contributed by atoms with Crippen LogP contribution >= 0.6 is 0 Å². The first-order chi connectivity index (χ1) is 14.8. The third-order valence-corrected chi connectivity index (χ3v) is 6.01. The summed E-state index contributed by atoms with van der Waals surface area (Å²) in [6.07, 6.45) is 6.61. The van der Waals surface area contributed by atoms with Crippen LogP contribution in [0, 0.1) is 17.3 Å². The molecule has 1 unspecified atom stereocenters. The van der Waals surface area contributed by atoms with Gasteiger partial charge in [0.1, 0.15) is 11.6 Å². The topological polar surface area (TPSA) is 87.7 Å². The summed E-state index contributed by atoms with van der Waals surface area (Å²) < 4.78 is 5.29. The second-order valence-corrected chi connectivity index (χ2v) is 11.0. The number of carbonyl (C=O) groups is 3. The SMILES string of the molecule is C=CCC(NC(=O)OC(C)(C)C)C(=O)N[C@@H]1CN(C(=O)CC(C)(C)CC=C)C[C@H]1C1CC1. The lowest BCUT2D eigenvalue weighted by Gasteiger charge is -2.26. The smallest absolute Gasteiger partial charge is 0.408 e. The van der Waals surface area contributed by atoms with Gasteiger partial charge in [0.2, 0.25) is 11.8 Å². The molecule has 0 aromatic rings. The number of carbonyl (C=O) groups excluding carboxylic acids is 3. The maximum Gasteiger partial charge on any atom is 0.408 e. The molecule has 2 N–H and O–H groups in total. The molecule has 7 heteroatoms. The van der Waals surface area contributed by atoms with Crippen LogP contribution in [0.2, 0.25) is 0 Å². The van der Waals surface area contributed by atoms with Gasteiger partial charge in [-0.1, -0.05) is 26.0 Å². The summed E-state index contributed by atoms with van der Waals surface area (Å²) in [7, 11) is 0. The first kappa shape index (κ1) is 25.9. The minimum Gasteiger partial charge on any atom is -0.444 e. The lowest BCUT2D eigenvalue weighted by molar-refractivity contribution is -0.132. The summed E-state index contributed by atoms with van der Waals surface area (Å²) in [6, 6.07) is -0.882. The lowest BCUT2D eigenvalue weighted by Crippen LogP contribution is -2.52. The van der Waals surface area contributed by atoms with Gasteiger partial charge < -0.3 is 20.3 Å². The van der Waals surface area contributed by atoms with Crippen molar-refractivity contribution in [2.45, 2.75) is 84.4 Å². The van der Waals surface area contributed by atoms with Crippen LogP contribution in [-0.4, -0.2) is 53.6 Å². The third-order valence-electron chi connectivity index (χ3n) is 6.01. The Balaban J connectivity index is 2.02. The minimum absolute atomic E-state index is 0.116. The maximum absolute atomic E-state index is 13.0. The van der Waals surface area contributed by atoms with Gasteiger partial charge in [-0.15, -0.1) is 13.2 Å². The highest BCUT2D eigenvalue weighted by molar-refractivity contribution is 5.86. The van der Waals surface area contributed by atoms with Crippen LogP contribution in [0.4, 0.5) is 4.79 Å². The van der Waals surface area contributed by atoms with E-state index >= 15 is 0 Å². The molecular weight excluding hydrogens is 406 g/mol. The summed E-state index contributed by atoms with van der Waals surface area (Å²) >= 11 is 0. The molecule has 32 heavy (non-hydrogen) atoms. The van der Waals surface area contributed by atoms with Crippen molar-refractivity contribution in [3.63, 3.8) is 0 Å². The molecule has 1 saturated carbocycles. The fraction of sp³-hybridized carbons (Fsp3) is 0.720. The molecule has 2 rings (SSSR count). The van der Waals surface area contributed by atoms with Crippen LogP contribution in [0.5, 0.6) is 0 Å². The van der Waals surface area contributed by atoms with Crippen molar-refractivity contribution in [3.05, 3.63) is 25.3 Å². The molecule has 3 amide bonds. The Morgan fingerprint density at radius 3 is 2.28 bits per heavy atom. The fourth-order valence-electron chi connectivity index (χ4n) is 4.30. The number of nitrogens with one attached hydrogen (secondary N) is 2. The monoisotopic (exact) mass is 447 g/mol. The van der Waals surface area contributed by atoms with Crippen molar-refractivity contribution in [2.75, 3.05) is 13.1 Å². The second kappa shape index (κ2) is 10.5. The fourth-order valence-corrected chi connectivity index (χ4v) is 4.30. The van der Waals surface area contributed by atoms with Crippen LogP contribution in [0.25, 0.3) is 0 Å². The number of alkyl carbamates (subject to hydrolysis) is 1. The molecule has 1 heterocycles. The zero-order valence-corrected chi connectivity index (χ0v) is 20.4. The van der Waals surface area contributed by atoms with E-state index in [9.17, 15) is 14.4 Å². The Labute approximate surface area is 193 Å². The predicted molar refractivity (Wildman–Crippen MR) is 126 cm³/mol. The number of likely N-dealkylation sites (tertiary alicyclic amines) is 1. The highest BCUT2D eigenvalue weighted by Gasteiger charge is 2.45. The van der Waals surface area contributed by atoms with E-state index in [1.807, 2.05) is 11.0 Å². The van der Waals surface area contributed by atoms with Crippen molar-refractivity contribution in [1.29, 1.82) is 0 Å². The first-order valence-electron chi connectivity index (χ1n) is 11.6. The maximum atomic E-state index is 13.0.